The third kappa shape index (κ3) is 3.30. The molecule has 0 N–H and O–H groups in total. The number of nitrogens with zero attached hydrogens (tertiary/aromatic N) is 3. The van der Waals surface area contributed by atoms with Gasteiger partial charge < -0.3 is 9.42 Å². The fourth-order valence-corrected chi connectivity index (χ4v) is 3.40. The third-order valence-corrected chi connectivity index (χ3v) is 4.85. The van der Waals surface area contributed by atoms with Crippen LogP contribution in [0.3, 0.4) is 0 Å². The molecular formula is C19H14ClF2N3O2. The number of halogens is 3. The minimum Gasteiger partial charge on any atom is -0.337 e. The molecule has 1 atom stereocenters. The zero-order valence-electron chi connectivity index (χ0n) is 14.0. The van der Waals surface area contributed by atoms with Gasteiger partial charge in [-0.2, -0.15) is 4.98 Å². The summed E-state index contributed by atoms with van der Waals surface area (Å²) in [4.78, 5) is 18.7. The summed E-state index contributed by atoms with van der Waals surface area (Å²) in [5.74, 6) is -1.84. The third-order valence-electron chi connectivity index (χ3n) is 4.52. The van der Waals surface area contributed by atoms with E-state index in [4.69, 9.17) is 16.1 Å². The molecule has 1 unspecified atom stereocenters. The van der Waals surface area contributed by atoms with Gasteiger partial charge in [0.15, 0.2) is 11.6 Å². The maximum Gasteiger partial charge on any atom is 0.254 e. The number of carbonyl (C=O) groups excluding carboxylic acids is 1. The molecule has 2 heterocycles. The predicted molar refractivity (Wildman–Crippen MR) is 94.1 cm³/mol. The van der Waals surface area contributed by atoms with Gasteiger partial charge in [0.2, 0.25) is 11.7 Å². The topological polar surface area (TPSA) is 59.2 Å². The first-order valence-corrected chi connectivity index (χ1v) is 8.77. The minimum absolute atomic E-state index is 0.0756. The lowest BCUT2D eigenvalue weighted by atomic mass is 10.1. The number of hydrogen-bond donors (Lipinski definition) is 0. The Morgan fingerprint density at radius 2 is 2.00 bits per heavy atom. The van der Waals surface area contributed by atoms with E-state index < -0.39 is 23.6 Å². The molecule has 8 heteroatoms. The Balaban J connectivity index is 1.61. The largest absolute Gasteiger partial charge is 0.337 e. The summed E-state index contributed by atoms with van der Waals surface area (Å²) in [6.07, 6.45) is 1.38. The lowest BCUT2D eigenvalue weighted by molar-refractivity contribution is 0.0709. The van der Waals surface area contributed by atoms with Crippen molar-refractivity contribution >= 4 is 17.5 Å². The Hall–Kier alpha value is -2.80. The molecule has 3 aromatic rings. The van der Waals surface area contributed by atoms with Crippen molar-refractivity contribution in [2.75, 3.05) is 6.54 Å². The zero-order valence-corrected chi connectivity index (χ0v) is 14.8. The van der Waals surface area contributed by atoms with Gasteiger partial charge in [0.25, 0.3) is 5.91 Å². The number of benzene rings is 2. The normalized spacial score (nSPS) is 16.7. The van der Waals surface area contributed by atoms with E-state index in [9.17, 15) is 13.6 Å². The Morgan fingerprint density at radius 3 is 2.78 bits per heavy atom. The van der Waals surface area contributed by atoms with Gasteiger partial charge in [-0.3, -0.25) is 4.79 Å². The maximum absolute atomic E-state index is 13.5. The molecule has 1 aromatic heterocycles. The van der Waals surface area contributed by atoms with E-state index in [0.717, 1.165) is 18.6 Å². The van der Waals surface area contributed by atoms with Crippen molar-refractivity contribution in [1.82, 2.24) is 15.0 Å². The molecule has 1 aliphatic heterocycles. The van der Waals surface area contributed by atoms with Crippen LogP contribution in [0.1, 0.15) is 35.1 Å². The molecule has 2 aromatic carbocycles. The molecule has 5 nitrogen and oxygen atoms in total. The monoisotopic (exact) mass is 389 g/mol. The second-order valence-electron chi connectivity index (χ2n) is 6.22. The fourth-order valence-electron chi connectivity index (χ4n) is 3.18. The zero-order chi connectivity index (χ0) is 19.0. The van der Waals surface area contributed by atoms with Crippen LogP contribution in [0.25, 0.3) is 11.4 Å². The van der Waals surface area contributed by atoms with E-state index in [0.29, 0.717) is 35.3 Å². The lowest BCUT2D eigenvalue weighted by Crippen LogP contribution is -2.30. The van der Waals surface area contributed by atoms with Crippen LogP contribution >= 0.6 is 11.6 Å². The molecule has 0 bridgehead atoms. The van der Waals surface area contributed by atoms with Gasteiger partial charge in [-0.25, -0.2) is 8.78 Å². The van der Waals surface area contributed by atoms with Crippen molar-refractivity contribution in [2.45, 2.75) is 18.9 Å². The van der Waals surface area contributed by atoms with Crippen molar-refractivity contribution < 1.29 is 18.1 Å². The standard InChI is InChI=1S/C19H14ClF2N3O2/c20-13-5-2-1-4-12(13)17-23-18(27-24-17)16-6-3-9-25(16)19(26)11-7-8-14(21)15(22)10-11/h1-2,4-5,7-8,10,16H,3,6,9H2. The first-order valence-electron chi connectivity index (χ1n) is 8.39. The van der Waals surface area contributed by atoms with Gasteiger partial charge in [-0.05, 0) is 43.2 Å². The van der Waals surface area contributed by atoms with Crippen LogP contribution in [-0.4, -0.2) is 27.5 Å². The second kappa shape index (κ2) is 7.08. The second-order valence-corrected chi connectivity index (χ2v) is 6.63. The number of hydrogen-bond acceptors (Lipinski definition) is 4. The Bertz CT molecular complexity index is 1010. The molecule has 1 amide bonds. The van der Waals surface area contributed by atoms with Crippen LogP contribution in [-0.2, 0) is 0 Å². The number of amides is 1. The van der Waals surface area contributed by atoms with Crippen molar-refractivity contribution in [2.24, 2.45) is 0 Å². The number of aromatic nitrogens is 2. The summed E-state index contributed by atoms with van der Waals surface area (Å²) in [6.45, 7) is 0.465. The average Bonchev–Trinajstić information content (AvgIpc) is 3.32. The summed E-state index contributed by atoms with van der Waals surface area (Å²) in [7, 11) is 0. The summed E-state index contributed by atoms with van der Waals surface area (Å²) in [6, 6.07) is 9.79. The van der Waals surface area contributed by atoms with Gasteiger partial charge in [0.05, 0.1) is 5.02 Å². The van der Waals surface area contributed by atoms with Crippen LogP contribution in [0.15, 0.2) is 47.0 Å². The summed E-state index contributed by atoms with van der Waals surface area (Å²) >= 11 is 6.16. The molecule has 27 heavy (non-hydrogen) atoms. The van der Waals surface area contributed by atoms with E-state index in [-0.39, 0.29) is 5.56 Å². The highest BCUT2D eigenvalue weighted by Crippen LogP contribution is 2.34. The van der Waals surface area contributed by atoms with Crippen molar-refractivity contribution in [3.63, 3.8) is 0 Å². The van der Waals surface area contributed by atoms with Gasteiger partial charge in [0.1, 0.15) is 6.04 Å². The molecular weight excluding hydrogens is 376 g/mol. The van der Waals surface area contributed by atoms with Gasteiger partial charge >= 0.3 is 0 Å². The molecule has 0 aliphatic carbocycles. The lowest BCUT2D eigenvalue weighted by Gasteiger charge is -2.21. The Kier molecular flexibility index (Phi) is 4.61. The fraction of sp³-hybridized carbons (Fsp3) is 0.211. The molecule has 138 valence electrons. The highest BCUT2D eigenvalue weighted by atomic mass is 35.5. The first kappa shape index (κ1) is 17.6. The maximum atomic E-state index is 13.5. The number of carbonyl (C=O) groups is 1. The minimum atomic E-state index is -1.06. The Labute approximate surface area is 158 Å². The van der Waals surface area contributed by atoms with Crippen molar-refractivity contribution in [3.8, 4) is 11.4 Å². The average molecular weight is 390 g/mol. The van der Waals surface area contributed by atoms with Crippen molar-refractivity contribution in [1.29, 1.82) is 0 Å². The molecule has 1 fully saturated rings. The molecule has 4 rings (SSSR count). The van der Waals surface area contributed by atoms with Crippen LogP contribution in [0.5, 0.6) is 0 Å². The van der Waals surface area contributed by atoms with Gasteiger partial charge in [-0.1, -0.05) is 28.9 Å². The van der Waals surface area contributed by atoms with Crippen LogP contribution in [0.4, 0.5) is 8.78 Å². The molecule has 0 spiro atoms. The number of likely N-dealkylation sites (tertiary alicyclic amines) is 1. The van der Waals surface area contributed by atoms with E-state index in [2.05, 4.69) is 10.1 Å². The van der Waals surface area contributed by atoms with E-state index in [1.807, 2.05) is 6.07 Å². The SMILES string of the molecule is O=C(c1ccc(F)c(F)c1)N1CCCC1c1nc(-c2ccccc2Cl)no1. The summed E-state index contributed by atoms with van der Waals surface area (Å²) in [5.41, 5.74) is 0.706. The number of rotatable bonds is 3. The summed E-state index contributed by atoms with van der Waals surface area (Å²) in [5, 5.41) is 4.46. The molecule has 0 radical (unpaired) electrons. The van der Waals surface area contributed by atoms with Crippen LogP contribution < -0.4 is 0 Å². The van der Waals surface area contributed by atoms with E-state index >= 15 is 0 Å². The van der Waals surface area contributed by atoms with E-state index in [1.165, 1.54) is 11.0 Å². The van der Waals surface area contributed by atoms with Gasteiger partial charge in [0, 0.05) is 17.7 Å². The quantitative estimate of drug-likeness (QED) is 0.654. The molecule has 1 saturated heterocycles. The highest BCUT2D eigenvalue weighted by Gasteiger charge is 2.35. The molecule has 0 saturated carbocycles. The molecule has 1 aliphatic rings. The first-order chi connectivity index (χ1) is 13.0. The Morgan fingerprint density at radius 1 is 1.19 bits per heavy atom. The van der Waals surface area contributed by atoms with Gasteiger partial charge in [-0.15, -0.1) is 0 Å². The van der Waals surface area contributed by atoms with Crippen LogP contribution in [0.2, 0.25) is 5.02 Å². The predicted octanol–water partition coefficient (Wildman–Crippen LogP) is 4.65. The van der Waals surface area contributed by atoms with Crippen LogP contribution in [0, 0.1) is 11.6 Å². The summed E-state index contributed by atoms with van der Waals surface area (Å²) < 4.78 is 32.0. The smallest absolute Gasteiger partial charge is 0.254 e. The van der Waals surface area contributed by atoms with E-state index in [1.54, 1.807) is 18.2 Å². The highest BCUT2D eigenvalue weighted by molar-refractivity contribution is 6.33. The van der Waals surface area contributed by atoms with Crippen molar-refractivity contribution in [3.05, 3.63) is 70.6 Å².